The Morgan fingerprint density at radius 3 is 2.86 bits per heavy atom. The van der Waals surface area contributed by atoms with Crippen molar-refractivity contribution in [3.05, 3.63) is 57.5 Å². The molecular weight excluding hydrogens is 388 g/mol. The molecule has 1 unspecified atom stereocenters. The number of hydrogen-bond donors (Lipinski definition) is 1. The molecule has 0 aliphatic heterocycles. The lowest BCUT2D eigenvalue weighted by atomic mass is 10.0. The minimum Gasteiger partial charge on any atom is -0.311 e. The topological polar surface area (TPSA) is 87.8 Å². The fourth-order valence-corrected chi connectivity index (χ4v) is 3.89. The monoisotopic (exact) mass is 406 g/mol. The van der Waals surface area contributed by atoms with Gasteiger partial charge in [0.25, 0.3) is 5.56 Å². The van der Waals surface area contributed by atoms with E-state index in [0.717, 1.165) is 34.0 Å². The van der Waals surface area contributed by atoms with E-state index in [0.29, 0.717) is 17.3 Å². The molecule has 0 saturated heterocycles. The highest BCUT2D eigenvalue weighted by Crippen LogP contribution is 2.38. The molecule has 2 atom stereocenters. The Kier molecular flexibility index (Phi) is 4.85. The van der Waals surface area contributed by atoms with E-state index < -0.39 is 0 Å². The number of benzene rings is 1. The summed E-state index contributed by atoms with van der Waals surface area (Å²) in [5, 5.41) is 13.8. The van der Waals surface area contributed by atoms with Crippen LogP contribution in [-0.4, -0.2) is 15.5 Å². The van der Waals surface area contributed by atoms with Crippen molar-refractivity contribution in [3.63, 3.8) is 0 Å². The molecular formula is C22H19ClN4O2. The fraction of sp³-hybridized carbons (Fsp3) is 0.273. The number of pyridine rings is 2. The van der Waals surface area contributed by atoms with E-state index in [9.17, 15) is 9.59 Å². The summed E-state index contributed by atoms with van der Waals surface area (Å²) >= 11 is 6.51. The number of rotatable bonds is 4. The molecule has 4 rings (SSSR count). The average Bonchev–Trinajstić information content (AvgIpc) is 3.49. The normalized spacial score (nSPS) is 17.7. The molecule has 1 N–H and O–H groups in total. The Labute approximate surface area is 172 Å². The maximum Gasteiger partial charge on any atom is 0.250 e. The second-order valence-corrected chi connectivity index (χ2v) is 7.68. The molecule has 1 aromatic carbocycles. The quantitative estimate of drug-likeness (QED) is 0.711. The van der Waals surface area contributed by atoms with E-state index in [4.69, 9.17) is 16.9 Å². The predicted octanol–water partition coefficient (Wildman–Crippen LogP) is 3.91. The number of hydrogen-bond acceptors (Lipinski definition) is 4. The van der Waals surface area contributed by atoms with Crippen molar-refractivity contribution in [2.45, 2.75) is 19.8 Å². The first-order valence-electron chi connectivity index (χ1n) is 9.42. The number of amides is 1. The van der Waals surface area contributed by atoms with Crippen LogP contribution in [0.1, 0.15) is 18.9 Å². The summed E-state index contributed by atoms with van der Waals surface area (Å²) in [6.45, 7) is 2.04. The third-order valence-electron chi connectivity index (χ3n) is 5.38. The summed E-state index contributed by atoms with van der Waals surface area (Å²) in [4.78, 5) is 28.7. The van der Waals surface area contributed by atoms with Crippen molar-refractivity contribution in [1.29, 1.82) is 5.26 Å². The van der Waals surface area contributed by atoms with Gasteiger partial charge in [-0.2, -0.15) is 5.26 Å². The summed E-state index contributed by atoms with van der Waals surface area (Å²) in [7, 11) is 1.74. The molecule has 2 heterocycles. The number of nitrogens with zero attached hydrogens (tertiary/aromatic N) is 3. The minimum absolute atomic E-state index is 0.0902. The van der Waals surface area contributed by atoms with Crippen LogP contribution in [0, 0.1) is 23.2 Å². The number of nitrogens with one attached hydrogen (secondary N) is 1. The Hall–Kier alpha value is -3.17. The third-order valence-corrected chi connectivity index (χ3v) is 5.70. The molecule has 1 amide bonds. The largest absolute Gasteiger partial charge is 0.311 e. The molecule has 29 heavy (non-hydrogen) atoms. The molecule has 146 valence electrons. The molecule has 1 saturated carbocycles. The molecule has 0 radical (unpaired) electrons. The van der Waals surface area contributed by atoms with E-state index in [1.54, 1.807) is 29.9 Å². The van der Waals surface area contributed by atoms with Gasteiger partial charge < -0.3 is 9.88 Å². The van der Waals surface area contributed by atoms with Gasteiger partial charge in [0.2, 0.25) is 5.91 Å². The first-order valence-corrected chi connectivity index (χ1v) is 9.79. The molecule has 1 fully saturated rings. The highest BCUT2D eigenvalue weighted by atomic mass is 35.5. The summed E-state index contributed by atoms with van der Waals surface area (Å²) in [6, 6.07) is 11.1. The van der Waals surface area contributed by atoms with Gasteiger partial charge in [-0.05, 0) is 42.0 Å². The number of halogens is 1. The van der Waals surface area contributed by atoms with Crippen molar-refractivity contribution >= 4 is 34.1 Å². The number of anilines is 1. The molecule has 3 aromatic rings. The van der Waals surface area contributed by atoms with Crippen molar-refractivity contribution in [2.24, 2.45) is 18.9 Å². The van der Waals surface area contributed by atoms with Gasteiger partial charge in [-0.1, -0.05) is 24.6 Å². The number of aryl methyl sites for hydroxylation is 1. The molecule has 7 heteroatoms. The van der Waals surface area contributed by atoms with Crippen molar-refractivity contribution in [3.8, 4) is 17.3 Å². The number of fused-ring (bicyclic) bond motifs is 1. The number of aromatic nitrogens is 2. The van der Waals surface area contributed by atoms with Crippen LogP contribution in [0.4, 0.5) is 5.82 Å². The fourth-order valence-electron chi connectivity index (χ4n) is 3.62. The van der Waals surface area contributed by atoms with Crippen molar-refractivity contribution < 1.29 is 4.79 Å². The molecule has 0 spiro atoms. The predicted molar refractivity (Wildman–Crippen MR) is 113 cm³/mol. The SMILES string of the molecule is CCc1ccc(=O)n(C)c1-c1cc(Cl)c2cnc(NC(=O)[C@@H]3CC3C#N)cc2c1. The number of carbonyl (C=O) groups excluding carboxylic acids is 1. The van der Waals surface area contributed by atoms with Gasteiger partial charge in [-0.25, -0.2) is 4.98 Å². The molecule has 1 aliphatic rings. The first-order chi connectivity index (χ1) is 13.9. The zero-order valence-electron chi connectivity index (χ0n) is 16.1. The van der Waals surface area contributed by atoms with Crippen LogP contribution >= 0.6 is 11.6 Å². The third kappa shape index (κ3) is 3.50. The zero-order chi connectivity index (χ0) is 20.7. The Bertz CT molecular complexity index is 1240. The lowest BCUT2D eigenvalue weighted by Crippen LogP contribution is -2.18. The first kappa shape index (κ1) is 19.2. The van der Waals surface area contributed by atoms with E-state index in [2.05, 4.69) is 16.4 Å². The summed E-state index contributed by atoms with van der Waals surface area (Å²) < 4.78 is 1.62. The lowest BCUT2D eigenvalue weighted by molar-refractivity contribution is -0.117. The molecule has 0 bridgehead atoms. The Morgan fingerprint density at radius 1 is 1.38 bits per heavy atom. The van der Waals surface area contributed by atoms with Crippen LogP contribution in [0.25, 0.3) is 22.0 Å². The second-order valence-electron chi connectivity index (χ2n) is 7.27. The van der Waals surface area contributed by atoms with Gasteiger partial charge in [-0.15, -0.1) is 0 Å². The highest BCUT2D eigenvalue weighted by molar-refractivity contribution is 6.36. The van der Waals surface area contributed by atoms with Crippen LogP contribution in [0.2, 0.25) is 5.02 Å². The minimum atomic E-state index is -0.265. The lowest BCUT2D eigenvalue weighted by Gasteiger charge is -2.15. The highest BCUT2D eigenvalue weighted by Gasteiger charge is 2.43. The van der Waals surface area contributed by atoms with Crippen molar-refractivity contribution in [1.82, 2.24) is 9.55 Å². The summed E-state index contributed by atoms with van der Waals surface area (Å²) in [6.07, 6.45) is 2.99. The second kappa shape index (κ2) is 7.34. The van der Waals surface area contributed by atoms with Crippen molar-refractivity contribution in [2.75, 3.05) is 5.32 Å². The van der Waals surface area contributed by atoms with Gasteiger partial charge >= 0.3 is 0 Å². The average molecular weight is 407 g/mol. The van der Waals surface area contributed by atoms with Gasteiger partial charge in [-0.3, -0.25) is 9.59 Å². The molecule has 2 aromatic heterocycles. The van der Waals surface area contributed by atoms with Crippen LogP contribution in [-0.2, 0) is 18.3 Å². The number of carbonyl (C=O) groups is 1. The smallest absolute Gasteiger partial charge is 0.250 e. The summed E-state index contributed by atoms with van der Waals surface area (Å²) in [5.74, 6) is -0.247. The van der Waals surface area contributed by atoms with Gasteiger partial charge in [0.15, 0.2) is 0 Å². The van der Waals surface area contributed by atoms with Crippen LogP contribution < -0.4 is 10.9 Å². The standard InChI is InChI=1S/C22H19ClN4O2/c1-3-12-4-5-20(28)27(2)21(12)14-6-13-9-19(25-11-17(13)18(23)8-14)26-22(29)16-7-15(16)10-24/h4-6,8-9,11,15-16H,3,7H2,1-2H3,(H,25,26,29)/t15?,16-/m1/s1. The Balaban J connectivity index is 1.77. The van der Waals surface area contributed by atoms with Gasteiger partial charge in [0.1, 0.15) is 5.82 Å². The summed E-state index contributed by atoms with van der Waals surface area (Å²) in [5.41, 5.74) is 2.60. The van der Waals surface area contributed by atoms with Gasteiger partial charge in [0.05, 0.1) is 28.6 Å². The van der Waals surface area contributed by atoms with E-state index in [1.807, 2.05) is 25.1 Å². The molecule has 1 aliphatic carbocycles. The van der Waals surface area contributed by atoms with Crippen LogP contribution in [0.3, 0.4) is 0 Å². The Morgan fingerprint density at radius 2 is 2.17 bits per heavy atom. The maximum atomic E-state index is 12.2. The zero-order valence-corrected chi connectivity index (χ0v) is 16.8. The van der Waals surface area contributed by atoms with E-state index >= 15 is 0 Å². The van der Waals surface area contributed by atoms with E-state index in [1.165, 1.54) is 0 Å². The van der Waals surface area contributed by atoms with Crippen LogP contribution in [0.5, 0.6) is 0 Å². The van der Waals surface area contributed by atoms with Crippen LogP contribution in [0.15, 0.2) is 41.3 Å². The molecule has 6 nitrogen and oxygen atoms in total. The van der Waals surface area contributed by atoms with Gasteiger partial charge in [0, 0.05) is 30.3 Å². The maximum absolute atomic E-state index is 12.2. The van der Waals surface area contributed by atoms with E-state index in [-0.39, 0.29) is 23.3 Å². The number of nitriles is 1.